The Morgan fingerprint density at radius 2 is 2.00 bits per heavy atom. The molecule has 0 aromatic heterocycles. The molecule has 0 saturated heterocycles. The van der Waals surface area contributed by atoms with Crippen LogP contribution in [0.3, 0.4) is 0 Å². The molecule has 1 unspecified atom stereocenters. The van der Waals surface area contributed by atoms with E-state index in [-0.39, 0.29) is 5.91 Å². The van der Waals surface area contributed by atoms with E-state index in [4.69, 9.17) is 10.5 Å². The highest BCUT2D eigenvalue weighted by Gasteiger charge is 2.26. The number of amides is 1. The number of carbonyl (C=O) groups excluding carboxylic acids is 1. The molecule has 3 N–H and O–H groups in total. The maximum Gasteiger partial charge on any atom is 0.240 e. The fraction of sp³-hybridized carbons (Fsp3) is 0.533. The van der Waals surface area contributed by atoms with Gasteiger partial charge < -0.3 is 15.8 Å². The van der Waals surface area contributed by atoms with E-state index < -0.39 is 5.54 Å². The van der Waals surface area contributed by atoms with Gasteiger partial charge in [0.2, 0.25) is 5.91 Å². The molecule has 0 radical (unpaired) electrons. The van der Waals surface area contributed by atoms with E-state index in [0.29, 0.717) is 19.6 Å². The van der Waals surface area contributed by atoms with Gasteiger partial charge in [0.05, 0.1) is 12.1 Å². The summed E-state index contributed by atoms with van der Waals surface area (Å²) in [5, 5.41) is 2.90. The average molecular weight is 264 g/mol. The van der Waals surface area contributed by atoms with E-state index in [1.54, 1.807) is 14.0 Å². The predicted molar refractivity (Wildman–Crippen MR) is 76.5 cm³/mol. The Balaban J connectivity index is 2.64. The number of hydrogen-bond donors (Lipinski definition) is 2. The standard InChI is InChI=1S/C15H24N2O2/c1-4-9-15(2,16)14(18)17-10-12-7-5-6-8-13(12)11-19-3/h5-8H,4,9-11,16H2,1-3H3,(H,17,18). The topological polar surface area (TPSA) is 64.4 Å². The van der Waals surface area contributed by atoms with Crippen LogP contribution in [0.5, 0.6) is 0 Å². The Morgan fingerprint density at radius 1 is 1.37 bits per heavy atom. The first-order chi connectivity index (χ1) is 9.01. The first-order valence-electron chi connectivity index (χ1n) is 6.64. The van der Waals surface area contributed by atoms with Gasteiger partial charge in [0, 0.05) is 13.7 Å². The summed E-state index contributed by atoms with van der Waals surface area (Å²) >= 11 is 0. The van der Waals surface area contributed by atoms with Gasteiger partial charge in [-0.15, -0.1) is 0 Å². The molecule has 1 aromatic rings. The lowest BCUT2D eigenvalue weighted by atomic mass is 9.96. The van der Waals surface area contributed by atoms with Crippen molar-refractivity contribution in [3.8, 4) is 0 Å². The van der Waals surface area contributed by atoms with Crippen LogP contribution in [0.15, 0.2) is 24.3 Å². The van der Waals surface area contributed by atoms with Crippen molar-refractivity contribution in [3.05, 3.63) is 35.4 Å². The Labute approximate surface area is 115 Å². The highest BCUT2D eigenvalue weighted by molar-refractivity contribution is 5.85. The van der Waals surface area contributed by atoms with E-state index in [1.165, 1.54) is 0 Å². The molecule has 0 fully saturated rings. The van der Waals surface area contributed by atoms with Crippen LogP contribution in [-0.2, 0) is 22.7 Å². The summed E-state index contributed by atoms with van der Waals surface area (Å²) in [6, 6.07) is 7.90. The first-order valence-corrected chi connectivity index (χ1v) is 6.64. The molecule has 4 nitrogen and oxygen atoms in total. The van der Waals surface area contributed by atoms with Gasteiger partial charge in [-0.25, -0.2) is 0 Å². The fourth-order valence-corrected chi connectivity index (χ4v) is 2.04. The lowest BCUT2D eigenvalue weighted by Gasteiger charge is -2.23. The summed E-state index contributed by atoms with van der Waals surface area (Å²) in [5.74, 6) is -0.110. The molecule has 0 heterocycles. The van der Waals surface area contributed by atoms with E-state index in [9.17, 15) is 4.79 Å². The Bertz CT molecular complexity index is 416. The third-order valence-electron chi connectivity index (χ3n) is 3.15. The maximum absolute atomic E-state index is 12.0. The third kappa shape index (κ3) is 4.65. The van der Waals surface area contributed by atoms with Gasteiger partial charge in [0.15, 0.2) is 0 Å². The second-order valence-corrected chi connectivity index (χ2v) is 5.05. The molecule has 1 aromatic carbocycles. The van der Waals surface area contributed by atoms with Gasteiger partial charge in [-0.1, -0.05) is 37.6 Å². The molecule has 1 amide bonds. The van der Waals surface area contributed by atoms with Crippen LogP contribution in [0.1, 0.15) is 37.8 Å². The number of methoxy groups -OCH3 is 1. The van der Waals surface area contributed by atoms with Crippen molar-refractivity contribution in [1.29, 1.82) is 0 Å². The zero-order valence-corrected chi connectivity index (χ0v) is 12.0. The molecule has 1 rings (SSSR count). The zero-order chi connectivity index (χ0) is 14.3. The van der Waals surface area contributed by atoms with Gasteiger partial charge in [-0.3, -0.25) is 4.79 Å². The number of benzene rings is 1. The quantitative estimate of drug-likeness (QED) is 0.791. The number of hydrogen-bond acceptors (Lipinski definition) is 3. The molecule has 0 bridgehead atoms. The van der Waals surface area contributed by atoms with Crippen molar-refractivity contribution in [1.82, 2.24) is 5.32 Å². The summed E-state index contributed by atoms with van der Waals surface area (Å²) in [5.41, 5.74) is 7.34. The summed E-state index contributed by atoms with van der Waals surface area (Å²) in [4.78, 5) is 12.0. The Morgan fingerprint density at radius 3 is 2.58 bits per heavy atom. The number of ether oxygens (including phenoxy) is 1. The smallest absolute Gasteiger partial charge is 0.240 e. The predicted octanol–water partition coefficient (Wildman–Crippen LogP) is 1.97. The van der Waals surface area contributed by atoms with Crippen molar-refractivity contribution in [2.45, 2.75) is 45.4 Å². The number of nitrogens with one attached hydrogen (secondary N) is 1. The molecular weight excluding hydrogens is 240 g/mol. The highest BCUT2D eigenvalue weighted by Crippen LogP contribution is 2.12. The molecule has 0 aliphatic carbocycles. The van der Waals surface area contributed by atoms with Gasteiger partial charge in [-0.05, 0) is 24.5 Å². The Kier molecular flexibility index (Phi) is 5.99. The summed E-state index contributed by atoms with van der Waals surface area (Å²) in [7, 11) is 1.66. The van der Waals surface area contributed by atoms with Crippen molar-refractivity contribution in [2.24, 2.45) is 5.73 Å². The van der Waals surface area contributed by atoms with Crippen LogP contribution in [0, 0.1) is 0 Å². The van der Waals surface area contributed by atoms with Crippen LogP contribution in [-0.4, -0.2) is 18.6 Å². The van der Waals surface area contributed by atoms with Gasteiger partial charge in [0.1, 0.15) is 0 Å². The SMILES string of the molecule is CCCC(C)(N)C(=O)NCc1ccccc1COC. The molecule has 1 atom stereocenters. The molecule has 19 heavy (non-hydrogen) atoms. The Hall–Kier alpha value is -1.39. The molecular formula is C15H24N2O2. The van der Waals surface area contributed by atoms with E-state index in [1.807, 2.05) is 31.2 Å². The molecule has 4 heteroatoms. The first kappa shape index (κ1) is 15.7. The van der Waals surface area contributed by atoms with Crippen molar-refractivity contribution < 1.29 is 9.53 Å². The summed E-state index contributed by atoms with van der Waals surface area (Å²) in [6.45, 7) is 4.81. The van der Waals surface area contributed by atoms with E-state index >= 15 is 0 Å². The van der Waals surface area contributed by atoms with Crippen molar-refractivity contribution in [2.75, 3.05) is 7.11 Å². The molecule has 0 saturated carbocycles. The minimum absolute atomic E-state index is 0.110. The largest absolute Gasteiger partial charge is 0.380 e. The molecule has 106 valence electrons. The second kappa shape index (κ2) is 7.26. The van der Waals surface area contributed by atoms with E-state index in [0.717, 1.165) is 17.5 Å². The molecule has 0 aliphatic heterocycles. The van der Waals surface area contributed by atoms with Crippen LogP contribution in [0.25, 0.3) is 0 Å². The highest BCUT2D eigenvalue weighted by atomic mass is 16.5. The number of nitrogens with two attached hydrogens (primary N) is 1. The lowest BCUT2D eigenvalue weighted by Crippen LogP contribution is -2.51. The van der Waals surface area contributed by atoms with Crippen LogP contribution >= 0.6 is 0 Å². The second-order valence-electron chi connectivity index (χ2n) is 5.05. The minimum Gasteiger partial charge on any atom is -0.380 e. The fourth-order valence-electron chi connectivity index (χ4n) is 2.04. The molecule has 0 aliphatic rings. The van der Waals surface area contributed by atoms with E-state index in [2.05, 4.69) is 5.32 Å². The third-order valence-corrected chi connectivity index (χ3v) is 3.15. The van der Waals surface area contributed by atoms with Crippen LogP contribution in [0.2, 0.25) is 0 Å². The van der Waals surface area contributed by atoms with Gasteiger partial charge >= 0.3 is 0 Å². The van der Waals surface area contributed by atoms with Crippen molar-refractivity contribution in [3.63, 3.8) is 0 Å². The van der Waals surface area contributed by atoms with Crippen LogP contribution < -0.4 is 11.1 Å². The normalized spacial score (nSPS) is 13.9. The summed E-state index contributed by atoms with van der Waals surface area (Å²) < 4.78 is 5.14. The minimum atomic E-state index is -0.801. The van der Waals surface area contributed by atoms with Gasteiger partial charge in [0.25, 0.3) is 0 Å². The average Bonchev–Trinajstić information content (AvgIpc) is 2.37. The number of rotatable bonds is 7. The lowest BCUT2D eigenvalue weighted by molar-refractivity contribution is -0.126. The number of carbonyl (C=O) groups is 1. The van der Waals surface area contributed by atoms with Gasteiger partial charge in [-0.2, -0.15) is 0 Å². The summed E-state index contributed by atoms with van der Waals surface area (Å²) in [6.07, 6.45) is 1.57. The maximum atomic E-state index is 12.0. The van der Waals surface area contributed by atoms with Crippen LogP contribution in [0.4, 0.5) is 0 Å². The monoisotopic (exact) mass is 264 g/mol. The zero-order valence-electron chi connectivity index (χ0n) is 12.0. The van der Waals surface area contributed by atoms with Crippen molar-refractivity contribution >= 4 is 5.91 Å². The molecule has 0 spiro atoms.